The Balaban J connectivity index is 0. The summed E-state index contributed by atoms with van der Waals surface area (Å²) >= 11 is 0. The Hall–Kier alpha value is 0.350. The van der Waals surface area contributed by atoms with Gasteiger partial charge in [0.1, 0.15) is 0 Å². The maximum Gasteiger partial charge on any atom is 0 e. The quantitative estimate of drug-likeness (QED) is 0.353. The SMILES string of the molecule is O.[C].[N].[P]. The van der Waals surface area contributed by atoms with Gasteiger partial charge in [-0.2, -0.15) is 0 Å². The zero-order valence-electron chi connectivity index (χ0n) is 1.89. The van der Waals surface area contributed by atoms with Gasteiger partial charge in [0.05, 0.1) is 0 Å². The zero-order chi connectivity index (χ0) is 0. The lowest BCUT2D eigenvalue weighted by molar-refractivity contribution is 0.824. The van der Waals surface area contributed by atoms with Gasteiger partial charge in [-0.25, -0.2) is 0 Å². The van der Waals surface area contributed by atoms with Crippen LogP contribution in [-0.2, 0) is 0 Å². The van der Waals surface area contributed by atoms with Gasteiger partial charge in [-0.1, -0.05) is 0 Å². The first-order valence-electron chi connectivity index (χ1n) is 0. The minimum atomic E-state index is 0. The molecule has 0 rings (SSSR count). The summed E-state index contributed by atoms with van der Waals surface area (Å²) in [6, 6.07) is 0. The Morgan fingerprint density at radius 3 is 1.00 bits per heavy atom. The Morgan fingerprint density at radius 2 is 1.00 bits per heavy atom. The summed E-state index contributed by atoms with van der Waals surface area (Å²) in [5.74, 6) is 0. The molecular weight excluding hydrogens is 73.0 g/mol. The predicted octanol–water partition coefficient (Wildman–Crippen LogP) is -0.363. The van der Waals surface area contributed by atoms with Gasteiger partial charge in [0.25, 0.3) is 0 Å². The van der Waals surface area contributed by atoms with E-state index in [0.717, 1.165) is 0 Å². The molecule has 0 aromatic rings. The molecule has 0 heterocycles. The number of hydrogen-bond donors (Lipinski definition) is 0. The summed E-state index contributed by atoms with van der Waals surface area (Å²) in [4.78, 5) is 0. The average Bonchev–Trinajstić information content (AvgIpc) is 0. The molecule has 0 aliphatic heterocycles. The van der Waals surface area contributed by atoms with Crippen molar-refractivity contribution in [1.82, 2.24) is 6.15 Å². The topological polar surface area (TPSA) is 62.0 Å². The summed E-state index contributed by atoms with van der Waals surface area (Å²) in [6.07, 6.45) is 0. The van der Waals surface area contributed by atoms with Gasteiger partial charge in [-0.3, -0.25) is 0 Å². The van der Waals surface area contributed by atoms with Gasteiger partial charge in [-0.15, -0.1) is 0 Å². The Bertz CT molecular complexity index is 8.00. The lowest BCUT2D eigenvalue weighted by Crippen LogP contribution is -0.481. The van der Waals surface area contributed by atoms with E-state index in [9.17, 15) is 0 Å². The predicted molar refractivity (Wildman–Crippen MR) is 15.9 cm³/mol. The van der Waals surface area contributed by atoms with Gasteiger partial charge in [0.2, 0.25) is 0 Å². The van der Waals surface area contributed by atoms with E-state index in [4.69, 9.17) is 0 Å². The molecule has 0 atom stereocenters. The molecule has 0 aromatic carbocycles. The van der Waals surface area contributed by atoms with E-state index in [1.807, 2.05) is 0 Å². The molecule has 0 bridgehead atoms. The fraction of sp³-hybridized carbons (Fsp3) is 0. The molecule has 0 aliphatic carbocycles. The summed E-state index contributed by atoms with van der Waals surface area (Å²) in [7, 11) is 0. The van der Waals surface area contributed by atoms with Crippen molar-refractivity contribution in [3.63, 3.8) is 0 Å². The van der Waals surface area contributed by atoms with Crippen LogP contribution >= 0.6 is 9.90 Å². The van der Waals surface area contributed by atoms with Gasteiger partial charge in [0.15, 0.2) is 0 Å². The number of nitrogens with zero attached hydrogens (tertiary/aromatic N) is 1. The van der Waals surface area contributed by atoms with Crippen molar-refractivity contribution in [3.05, 3.63) is 7.43 Å². The fourth-order valence-corrected chi connectivity index (χ4v) is 0. The summed E-state index contributed by atoms with van der Waals surface area (Å²) < 4.78 is 0. The van der Waals surface area contributed by atoms with Gasteiger partial charge in [0, 0.05) is 23.5 Å². The Labute approximate surface area is 30.1 Å². The van der Waals surface area contributed by atoms with Crippen molar-refractivity contribution in [2.75, 3.05) is 0 Å². The van der Waals surface area contributed by atoms with Crippen LogP contribution in [0.3, 0.4) is 0 Å². The third-order valence-corrected chi connectivity index (χ3v) is 0. The van der Waals surface area contributed by atoms with Gasteiger partial charge < -0.3 is 5.48 Å². The third kappa shape index (κ3) is 35.0. The van der Waals surface area contributed by atoms with Crippen molar-refractivity contribution < 1.29 is 5.48 Å². The average molecular weight is 75.0 g/mol. The number of rotatable bonds is 0. The van der Waals surface area contributed by atoms with E-state index in [-0.39, 0.29) is 29.0 Å². The van der Waals surface area contributed by atoms with E-state index in [1.54, 1.807) is 0 Å². The summed E-state index contributed by atoms with van der Waals surface area (Å²) in [6.45, 7) is 0. The number of hydrogen-bond acceptors (Lipinski definition) is 0. The molecule has 0 unspecified atom stereocenters. The molecule has 0 aromatic heterocycles. The van der Waals surface area contributed by atoms with E-state index >= 15 is 0 Å². The maximum atomic E-state index is 0. The van der Waals surface area contributed by atoms with Crippen molar-refractivity contribution in [3.8, 4) is 0 Å². The Kier molecular flexibility index (Phi) is 15000. The molecule has 4 heavy (non-hydrogen) atoms. The van der Waals surface area contributed by atoms with Crippen LogP contribution in [0.2, 0.25) is 0 Å². The molecule has 2 N–H and O–H groups in total. The van der Waals surface area contributed by atoms with Gasteiger partial charge in [-0.05, 0) is 0 Å². The zero-order valence-corrected chi connectivity index (χ0v) is 2.79. The molecule has 3 heteroatoms. The first-order chi connectivity index (χ1) is 0. The summed E-state index contributed by atoms with van der Waals surface area (Å²) in [5.41, 5.74) is 0. The molecule has 10 radical (unpaired) electrons. The maximum absolute atomic E-state index is 0. The lowest BCUT2D eigenvalue weighted by Gasteiger charge is -0.412. The summed E-state index contributed by atoms with van der Waals surface area (Å²) in [5, 5.41) is 0. The second-order valence-corrected chi connectivity index (χ2v) is 0. The lowest BCUT2D eigenvalue weighted by atomic mass is 12.0. The fourth-order valence-electron chi connectivity index (χ4n) is 0. The first kappa shape index (κ1) is 399. The normalized spacial score (nSPS) is 0. The van der Waals surface area contributed by atoms with Crippen LogP contribution in [0.15, 0.2) is 0 Å². The second kappa shape index (κ2) is 151. The van der Waals surface area contributed by atoms with Crippen molar-refractivity contribution in [2.45, 2.75) is 0 Å². The molecule has 0 fully saturated rings. The third-order valence-electron chi connectivity index (χ3n) is 0. The first-order valence-corrected chi connectivity index (χ1v) is 0. The molecular formula is CH2NOP. The Morgan fingerprint density at radius 1 is 1.00 bits per heavy atom. The van der Waals surface area contributed by atoms with Crippen LogP contribution in [0.25, 0.3) is 0 Å². The van der Waals surface area contributed by atoms with E-state index in [1.165, 1.54) is 0 Å². The molecule has 0 saturated carbocycles. The minimum Gasteiger partial charge on any atom is -0.412 e. The molecule has 22 valence electrons. The minimum absolute atomic E-state index is 0. The molecule has 0 saturated heterocycles. The highest BCUT2D eigenvalue weighted by Gasteiger charge is 0.00201. The van der Waals surface area contributed by atoms with Gasteiger partial charge >= 0.3 is 0 Å². The highest BCUT2D eigenvalue weighted by atomic mass is 31.0. The van der Waals surface area contributed by atoms with Crippen LogP contribution in [0.1, 0.15) is 0 Å². The largest absolute Gasteiger partial charge is 0.412 e. The molecule has 2 nitrogen and oxygen atoms in total. The van der Waals surface area contributed by atoms with E-state index in [2.05, 4.69) is 0 Å². The second-order valence-electron chi connectivity index (χ2n) is 0. The van der Waals surface area contributed by atoms with Crippen molar-refractivity contribution >= 4 is 9.90 Å². The highest BCUT2D eigenvalue weighted by molar-refractivity contribution is 6.92. The highest BCUT2D eigenvalue weighted by Crippen LogP contribution is 0.861. The standard InChI is InChI=1S/C.N.H2O.P/h;;1H2;. The molecule has 0 amide bonds. The smallest absolute Gasteiger partial charge is 0 e. The van der Waals surface area contributed by atoms with Crippen LogP contribution in [0.5, 0.6) is 0 Å². The van der Waals surface area contributed by atoms with Crippen LogP contribution < -0.4 is 6.15 Å². The van der Waals surface area contributed by atoms with Crippen LogP contribution in [0.4, 0.5) is 0 Å². The van der Waals surface area contributed by atoms with E-state index in [0.29, 0.717) is 0 Å². The van der Waals surface area contributed by atoms with Crippen LogP contribution in [-0.4, -0.2) is 5.48 Å². The molecule has 0 spiro atoms. The molecule has 0 aliphatic rings. The van der Waals surface area contributed by atoms with Crippen LogP contribution in [0, 0.1) is 7.43 Å². The van der Waals surface area contributed by atoms with Crippen molar-refractivity contribution in [1.29, 1.82) is 0 Å². The monoisotopic (exact) mass is 75.0 g/mol. The van der Waals surface area contributed by atoms with Crippen molar-refractivity contribution in [2.24, 2.45) is 0 Å². The van der Waals surface area contributed by atoms with E-state index < -0.39 is 0 Å².